The van der Waals surface area contributed by atoms with E-state index >= 15 is 0 Å². The van der Waals surface area contributed by atoms with Crippen LogP contribution in [0.4, 0.5) is 5.69 Å². The molecular weight excluding hydrogens is 380 g/mol. The maximum Gasteiger partial charge on any atom is 0.337 e. The average Bonchev–Trinajstić information content (AvgIpc) is 3.16. The number of nitrogens with one attached hydrogen (secondary N) is 2. The molecule has 0 radical (unpaired) electrons. The lowest BCUT2D eigenvalue weighted by Gasteiger charge is -2.12. The minimum Gasteiger partial charge on any atom is -0.465 e. The predicted octanol–water partition coefficient (Wildman–Crippen LogP) is 2.48. The molecule has 7 nitrogen and oxygen atoms in total. The highest BCUT2D eigenvalue weighted by atomic mass is 32.1. The van der Waals surface area contributed by atoms with Gasteiger partial charge in [-0.25, -0.2) is 4.79 Å². The van der Waals surface area contributed by atoms with E-state index in [1.165, 1.54) is 42.7 Å². The number of aliphatic hydroxyl groups is 1. The minimum absolute atomic E-state index is 0.0890. The van der Waals surface area contributed by atoms with Crippen LogP contribution in [0.2, 0.25) is 0 Å². The molecule has 3 N–H and O–H groups in total. The summed E-state index contributed by atoms with van der Waals surface area (Å²) in [6.45, 7) is -0.0890. The number of ether oxygens (including phenoxy) is 1. The second-order valence-electron chi connectivity index (χ2n) is 5.94. The van der Waals surface area contributed by atoms with Crippen LogP contribution in [-0.2, 0) is 14.3 Å². The first-order chi connectivity index (χ1) is 13.5. The van der Waals surface area contributed by atoms with Gasteiger partial charge in [-0.05, 0) is 41.1 Å². The van der Waals surface area contributed by atoms with Crippen LogP contribution in [0.5, 0.6) is 0 Å². The molecule has 1 aromatic heterocycles. The molecule has 28 heavy (non-hydrogen) atoms. The Bertz CT molecular complexity index is 1010. The van der Waals surface area contributed by atoms with E-state index in [0.29, 0.717) is 16.8 Å². The summed E-state index contributed by atoms with van der Waals surface area (Å²) in [5, 5.41) is 18.0. The van der Waals surface area contributed by atoms with Crippen molar-refractivity contribution < 1.29 is 24.2 Å². The van der Waals surface area contributed by atoms with E-state index in [9.17, 15) is 19.5 Å². The normalized spacial score (nSPS) is 11.6. The van der Waals surface area contributed by atoms with Crippen LogP contribution in [-0.4, -0.2) is 36.5 Å². The van der Waals surface area contributed by atoms with E-state index in [1.54, 1.807) is 0 Å². The third-order valence-corrected chi connectivity index (χ3v) is 5.08. The fourth-order valence-corrected chi connectivity index (χ4v) is 3.64. The van der Waals surface area contributed by atoms with Crippen molar-refractivity contribution in [2.75, 3.05) is 19.0 Å². The maximum atomic E-state index is 12.0. The number of anilines is 1. The van der Waals surface area contributed by atoms with Gasteiger partial charge in [0.25, 0.3) is 0 Å². The molecule has 0 unspecified atom stereocenters. The Morgan fingerprint density at radius 2 is 1.79 bits per heavy atom. The van der Waals surface area contributed by atoms with Crippen molar-refractivity contribution in [3.63, 3.8) is 0 Å². The fraction of sp³-hybridized carbons (Fsp3) is 0.150. The number of rotatable bonds is 5. The van der Waals surface area contributed by atoms with Crippen LogP contribution >= 0.6 is 11.3 Å². The summed E-state index contributed by atoms with van der Waals surface area (Å²) >= 11 is 1.50. The largest absolute Gasteiger partial charge is 0.465 e. The molecule has 3 rings (SSSR count). The molecular formula is C20H18N2O5S. The fourth-order valence-electron chi connectivity index (χ4n) is 2.63. The summed E-state index contributed by atoms with van der Waals surface area (Å²) in [6, 6.07) is 13.6. The van der Waals surface area contributed by atoms with Crippen molar-refractivity contribution in [3.05, 3.63) is 65.0 Å². The molecule has 0 aliphatic carbocycles. The molecule has 0 saturated heterocycles. The second-order valence-corrected chi connectivity index (χ2v) is 6.85. The monoisotopic (exact) mass is 398 g/mol. The standard InChI is InChI=1S/C20H18N2O5S/c1-27-20(26)12-6-8-13(9-7-12)22-19(25)18(24)21-10-16(23)15-11-28-17-5-3-2-4-14(15)17/h2-9,11,16,23H,10H2,1H3,(H,21,24)(H,22,25)/t16-/m1/s1. The van der Waals surface area contributed by atoms with Crippen molar-refractivity contribution >= 4 is 44.9 Å². The molecule has 144 valence electrons. The number of carbonyl (C=O) groups is 3. The van der Waals surface area contributed by atoms with Crippen LogP contribution < -0.4 is 10.6 Å². The van der Waals surface area contributed by atoms with E-state index in [0.717, 1.165) is 10.1 Å². The van der Waals surface area contributed by atoms with E-state index in [-0.39, 0.29) is 6.54 Å². The highest BCUT2D eigenvalue weighted by Gasteiger charge is 2.18. The Hall–Kier alpha value is -3.23. The summed E-state index contributed by atoms with van der Waals surface area (Å²) in [5.74, 6) is -2.23. The zero-order valence-electron chi connectivity index (χ0n) is 15.0. The van der Waals surface area contributed by atoms with Gasteiger partial charge in [0, 0.05) is 22.5 Å². The smallest absolute Gasteiger partial charge is 0.337 e. The molecule has 0 bridgehead atoms. The van der Waals surface area contributed by atoms with Crippen molar-refractivity contribution in [2.24, 2.45) is 0 Å². The van der Waals surface area contributed by atoms with Gasteiger partial charge in [0.05, 0.1) is 18.8 Å². The van der Waals surface area contributed by atoms with Crippen LogP contribution in [0.3, 0.4) is 0 Å². The number of esters is 1. The van der Waals surface area contributed by atoms with Crippen molar-refractivity contribution in [3.8, 4) is 0 Å². The molecule has 2 amide bonds. The average molecular weight is 398 g/mol. The van der Waals surface area contributed by atoms with Gasteiger partial charge >= 0.3 is 17.8 Å². The van der Waals surface area contributed by atoms with Gasteiger partial charge in [-0.2, -0.15) is 0 Å². The lowest BCUT2D eigenvalue weighted by molar-refractivity contribution is -0.136. The Kier molecular flexibility index (Phi) is 6.03. The van der Waals surface area contributed by atoms with Gasteiger partial charge in [-0.1, -0.05) is 18.2 Å². The Balaban J connectivity index is 1.55. The maximum absolute atomic E-state index is 12.0. The first-order valence-electron chi connectivity index (χ1n) is 8.41. The number of benzene rings is 2. The van der Waals surface area contributed by atoms with Crippen LogP contribution in [0.1, 0.15) is 22.0 Å². The topological polar surface area (TPSA) is 105 Å². The molecule has 8 heteroatoms. The first-order valence-corrected chi connectivity index (χ1v) is 9.29. The van der Waals surface area contributed by atoms with Gasteiger partial charge in [0.15, 0.2) is 0 Å². The number of aliphatic hydroxyl groups excluding tert-OH is 1. The number of hydrogen-bond acceptors (Lipinski definition) is 6. The highest BCUT2D eigenvalue weighted by Crippen LogP contribution is 2.29. The predicted molar refractivity (Wildman–Crippen MR) is 106 cm³/mol. The van der Waals surface area contributed by atoms with Crippen molar-refractivity contribution in [1.29, 1.82) is 0 Å². The van der Waals surface area contributed by atoms with Gasteiger partial charge in [-0.15, -0.1) is 11.3 Å². The van der Waals surface area contributed by atoms with E-state index in [2.05, 4.69) is 15.4 Å². The summed E-state index contributed by atoms with van der Waals surface area (Å²) in [7, 11) is 1.27. The number of methoxy groups -OCH3 is 1. The first kappa shape index (κ1) is 19.5. The van der Waals surface area contributed by atoms with Gasteiger partial charge < -0.3 is 20.5 Å². The molecule has 1 heterocycles. The molecule has 0 spiro atoms. The lowest BCUT2D eigenvalue weighted by Crippen LogP contribution is -2.37. The zero-order chi connectivity index (χ0) is 20.1. The number of amides is 2. The minimum atomic E-state index is -0.924. The van der Waals surface area contributed by atoms with E-state index < -0.39 is 23.9 Å². The summed E-state index contributed by atoms with van der Waals surface area (Å²) in [5.41, 5.74) is 1.40. The summed E-state index contributed by atoms with van der Waals surface area (Å²) in [6.07, 6.45) is -0.924. The number of fused-ring (bicyclic) bond motifs is 1. The quantitative estimate of drug-likeness (QED) is 0.452. The van der Waals surface area contributed by atoms with Crippen LogP contribution in [0, 0.1) is 0 Å². The van der Waals surface area contributed by atoms with Crippen LogP contribution in [0.25, 0.3) is 10.1 Å². The zero-order valence-corrected chi connectivity index (χ0v) is 15.8. The van der Waals surface area contributed by atoms with Crippen LogP contribution in [0.15, 0.2) is 53.9 Å². The third kappa shape index (κ3) is 4.36. The van der Waals surface area contributed by atoms with Gasteiger partial charge in [-0.3, -0.25) is 9.59 Å². The summed E-state index contributed by atoms with van der Waals surface area (Å²) in [4.78, 5) is 35.4. The van der Waals surface area contributed by atoms with E-state index in [4.69, 9.17) is 0 Å². The van der Waals surface area contributed by atoms with Gasteiger partial charge in [0.2, 0.25) is 0 Å². The molecule has 0 fully saturated rings. The molecule has 0 saturated carbocycles. The van der Waals surface area contributed by atoms with Crippen molar-refractivity contribution in [2.45, 2.75) is 6.10 Å². The SMILES string of the molecule is COC(=O)c1ccc(NC(=O)C(=O)NC[C@@H](O)c2csc3ccccc23)cc1. The highest BCUT2D eigenvalue weighted by molar-refractivity contribution is 7.17. The number of carbonyl (C=O) groups excluding carboxylic acids is 3. The lowest BCUT2D eigenvalue weighted by atomic mass is 10.1. The Morgan fingerprint density at radius 3 is 2.50 bits per heavy atom. The van der Waals surface area contributed by atoms with Crippen molar-refractivity contribution in [1.82, 2.24) is 5.32 Å². The molecule has 0 aliphatic rings. The second kappa shape index (κ2) is 8.64. The molecule has 3 aromatic rings. The number of thiophene rings is 1. The number of hydrogen-bond donors (Lipinski definition) is 3. The molecule has 2 aromatic carbocycles. The Morgan fingerprint density at radius 1 is 1.07 bits per heavy atom. The molecule has 0 aliphatic heterocycles. The molecule has 1 atom stereocenters. The van der Waals surface area contributed by atoms with E-state index in [1.807, 2.05) is 29.6 Å². The summed E-state index contributed by atoms with van der Waals surface area (Å²) < 4.78 is 5.63. The van der Waals surface area contributed by atoms with Gasteiger partial charge in [0.1, 0.15) is 0 Å². The third-order valence-electron chi connectivity index (χ3n) is 4.10. The Labute approximate surface area is 164 Å².